The molecule has 266 valence electrons. The quantitative estimate of drug-likeness (QED) is 0.0980. The van der Waals surface area contributed by atoms with E-state index in [1.54, 1.807) is 0 Å². The Morgan fingerprint density at radius 1 is 0.587 bits per heavy atom. The third-order valence-corrected chi connectivity index (χ3v) is 9.09. The standard InChI is InChI=1S/C36H62N4O2.4ClH/c1-14-36(41)42-35(27-37(6,7)23-31-15-19-33(20-16-31)25-39(10,11)29(2)3)28-38(8,9)24-32-17-21-34(22-18-32)26-40(12,13)30(4)5;;;;/h14-22,29-30,35H,1,23-28H2,2-13H3;4*1H/q+4;;;;/p-4. The Hall–Kier alpha value is -1.35. The van der Waals surface area contributed by atoms with Gasteiger partial charge in [-0.15, -0.1) is 0 Å². The maximum Gasteiger partial charge on any atom is 0.330 e. The maximum atomic E-state index is 12.4. The first-order chi connectivity index (χ1) is 19.2. The Kier molecular flexibility index (Phi) is 21.6. The van der Waals surface area contributed by atoms with Crippen molar-refractivity contribution in [3.63, 3.8) is 0 Å². The van der Waals surface area contributed by atoms with Crippen LogP contribution in [0.4, 0.5) is 0 Å². The van der Waals surface area contributed by atoms with Gasteiger partial charge in [0.15, 0.2) is 6.10 Å². The van der Waals surface area contributed by atoms with E-state index in [4.69, 9.17) is 4.74 Å². The summed E-state index contributed by atoms with van der Waals surface area (Å²) < 4.78 is 9.32. The first-order valence-corrected chi connectivity index (χ1v) is 15.5. The van der Waals surface area contributed by atoms with E-state index in [-0.39, 0.29) is 61.7 Å². The Labute approximate surface area is 306 Å². The van der Waals surface area contributed by atoms with Gasteiger partial charge in [0.1, 0.15) is 39.3 Å². The number of rotatable bonds is 16. The second-order valence-electron chi connectivity index (χ2n) is 15.5. The van der Waals surface area contributed by atoms with E-state index < -0.39 is 0 Å². The minimum Gasteiger partial charge on any atom is -1.00 e. The maximum absolute atomic E-state index is 12.4. The number of halogens is 4. The van der Waals surface area contributed by atoms with Gasteiger partial charge in [-0.3, -0.25) is 0 Å². The van der Waals surface area contributed by atoms with Crippen molar-refractivity contribution in [1.82, 2.24) is 0 Å². The molecule has 0 fully saturated rings. The van der Waals surface area contributed by atoms with Crippen LogP contribution < -0.4 is 49.6 Å². The molecule has 0 amide bonds. The molecule has 2 rings (SSSR count). The summed E-state index contributed by atoms with van der Waals surface area (Å²) in [5, 5.41) is 0. The van der Waals surface area contributed by atoms with Crippen molar-refractivity contribution in [3.8, 4) is 0 Å². The predicted octanol–water partition coefficient (Wildman–Crippen LogP) is -6.38. The summed E-state index contributed by atoms with van der Waals surface area (Å²) in [6.07, 6.45) is 1.05. The lowest BCUT2D eigenvalue weighted by molar-refractivity contribution is -0.927. The van der Waals surface area contributed by atoms with Crippen molar-refractivity contribution >= 4 is 5.97 Å². The molecular weight excluding hydrogens is 662 g/mol. The molecule has 0 atom stereocenters. The van der Waals surface area contributed by atoms with E-state index in [0.29, 0.717) is 12.1 Å². The fourth-order valence-electron chi connectivity index (χ4n) is 5.37. The van der Waals surface area contributed by atoms with Crippen molar-refractivity contribution in [2.75, 3.05) is 69.5 Å². The molecule has 10 heteroatoms. The number of quaternary nitrogens is 4. The van der Waals surface area contributed by atoms with Crippen molar-refractivity contribution in [3.05, 3.63) is 83.4 Å². The lowest BCUT2D eigenvalue weighted by atomic mass is 10.1. The Bertz CT molecular complexity index is 1080. The van der Waals surface area contributed by atoms with Crippen molar-refractivity contribution in [2.24, 2.45) is 0 Å². The molecule has 0 aliphatic heterocycles. The third kappa shape index (κ3) is 16.7. The Balaban J connectivity index is -0.00000462. The molecule has 0 N–H and O–H groups in total. The van der Waals surface area contributed by atoms with Crippen LogP contribution in [0.2, 0.25) is 0 Å². The molecule has 0 heterocycles. The number of benzene rings is 2. The zero-order valence-corrected chi connectivity index (χ0v) is 33.5. The molecule has 0 aromatic heterocycles. The van der Waals surface area contributed by atoms with E-state index in [1.807, 2.05) is 0 Å². The fraction of sp³-hybridized carbons (Fsp3) is 0.583. The molecule has 2 aromatic carbocycles. The van der Waals surface area contributed by atoms with Gasteiger partial charge in [0, 0.05) is 28.3 Å². The van der Waals surface area contributed by atoms with Gasteiger partial charge in [-0.1, -0.05) is 55.1 Å². The first-order valence-electron chi connectivity index (χ1n) is 15.5. The Morgan fingerprint density at radius 2 is 0.848 bits per heavy atom. The SMILES string of the molecule is C=CC(=O)OC(C[N+](C)(C)Cc1ccc(C[N+](C)(C)C(C)C)cc1)C[N+](C)(C)Cc1ccc(C[N+](C)(C)C(C)C)cc1.[Cl-].[Cl-].[Cl-].[Cl-]. The van der Waals surface area contributed by atoms with Crippen molar-refractivity contribution in [1.29, 1.82) is 0 Å². The summed E-state index contributed by atoms with van der Waals surface area (Å²) in [6, 6.07) is 19.2. The highest BCUT2D eigenvalue weighted by molar-refractivity contribution is 5.81. The molecule has 6 nitrogen and oxygen atoms in total. The highest BCUT2D eigenvalue weighted by Crippen LogP contribution is 2.20. The van der Waals surface area contributed by atoms with E-state index >= 15 is 0 Å². The van der Waals surface area contributed by atoms with E-state index in [1.165, 1.54) is 28.3 Å². The lowest BCUT2D eigenvalue weighted by Crippen LogP contribution is -3.00. The smallest absolute Gasteiger partial charge is 0.330 e. The number of carbonyl (C=O) groups excluding carboxylic acids is 1. The number of likely N-dealkylation sites (N-methyl/N-ethyl adjacent to an activating group) is 2. The minimum atomic E-state index is -0.356. The number of esters is 1. The van der Waals surface area contributed by atoms with Crippen LogP contribution in [0.25, 0.3) is 0 Å². The zero-order chi connectivity index (χ0) is 31.9. The molecule has 0 radical (unpaired) electrons. The van der Waals surface area contributed by atoms with E-state index in [9.17, 15) is 4.79 Å². The van der Waals surface area contributed by atoms with Crippen LogP contribution in [-0.4, -0.2) is 112 Å². The number of nitrogens with zero attached hydrogens (tertiary/aromatic N) is 4. The van der Waals surface area contributed by atoms with Gasteiger partial charge >= 0.3 is 5.97 Å². The van der Waals surface area contributed by atoms with Crippen molar-refractivity contribution < 1.29 is 77.1 Å². The van der Waals surface area contributed by atoms with Crippen LogP contribution in [0.5, 0.6) is 0 Å². The third-order valence-electron chi connectivity index (χ3n) is 9.09. The van der Waals surface area contributed by atoms with Gasteiger partial charge in [-0.25, -0.2) is 4.79 Å². The first kappa shape index (κ1) is 49.0. The predicted molar refractivity (Wildman–Crippen MR) is 176 cm³/mol. The summed E-state index contributed by atoms with van der Waals surface area (Å²) in [7, 11) is 18.0. The lowest BCUT2D eigenvalue weighted by Gasteiger charge is -2.37. The molecule has 2 aromatic rings. The number of hydrogen-bond donors (Lipinski definition) is 0. The van der Waals surface area contributed by atoms with Crippen molar-refractivity contribution in [2.45, 2.75) is 72.1 Å². The second-order valence-corrected chi connectivity index (χ2v) is 15.5. The molecule has 0 aliphatic carbocycles. The molecule has 0 saturated heterocycles. The second kappa shape index (κ2) is 20.2. The fourth-order valence-corrected chi connectivity index (χ4v) is 5.37. The van der Waals surface area contributed by atoms with Crippen LogP contribution >= 0.6 is 0 Å². The summed E-state index contributed by atoms with van der Waals surface area (Å²) >= 11 is 0. The normalized spacial score (nSPS) is 12.1. The molecule has 0 unspecified atom stereocenters. The van der Waals surface area contributed by atoms with Gasteiger partial charge in [0.05, 0.1) is 68.5 Å². The molecule has 0 saturated carbocycles. The van der Waals surface area contributed by atoms with Gasteiger partial charge in [0.2, 0.25) is 0 Å². The van der Waals surface area contributed by atoms with Gasteiger partial charge in [-0.2, -0.15) is 0 Å². The summed E-state index contributed by atoms with van der Waals surface area (Å²) in [4.78, 5) is 12.4. The number of hydrogen-bond acceptors (Lipinski definition) is 2. The number of ether oxygens (including phenoxy) is 1. The molecule has 0 spiro atoms. The average molecular weight is 725 g/mol. The molecule has 0 aliphatic rings. The van der Waals surface area contributed by atoms with Crippen LogP contribution in [-0.2, 0) is 35.7 Å². The summed E-state index contributed by atoms with van der Waals surface area (Å²) in [5.74, 6) is -0.356. The van der Waals surface area contributed by atoms with Crippen LogP contribution in [0.15, 0.2) is 61.2 Å². The average Bonchev–Trinajstić information content (AvgIpc) is 2.84. The van der Waals surface area contributed by atoms with Gasteiger partial charge in [0.25, 0.3) is 0 Å². The van der Waals surface area contributed by atoms with Gasteiger partial charge in [-0.05, 0) is 27.7 Å². The number of carbonyl (C=O) groups is 1. The van der Waals surface area contributed by atoms with Crippen LogP contribution in [0.1, 0.15) is 49.9 Å². The summed E-state index contributed by atoms with van der Waals surface area (Å²) in [6.45, 7) is 17.9. The topological polar surface area (TPSA) is 26.3 Å². The molecule has 0 bridgehead atoms. The monoisotopic (exact) mass is 722 g/mol. The van der Waals surface area contributed by atoms with E-state index in [0.717, 1.165) is 57.2 Å². The highest BCUT2D eigenvalue weighted by Gasteiger charge is 2.32. The molecule has 46 heavy (non-hydrogen) atoms. The van der Waals surface area contributed by atoms with Crippen LogP contribution in [0, 0.1) is 0 Å². The highest BCUT2D eigenvalue weighted by atomic mass is 35.5. The largest absolute Gasteiger partial charge is 1.00 e. The zero-order valence-electron chi connectivity index (χ0n) is 30.5. The minimum absolute atomic E-state index is 0. The Morgan fingerprint density at radius 3 is 1.09 bits per heavy atom. The van der Waals surface area contributed by atoms with E-state index in [2.05, 4.69) is 139 Å². The molecular formula is C36H62Cl4N4O2. The van der Waals surface area contributed by atoms with Gasteiger partial charge < -0.3 is 72.3 Å². The summed E-state index contributed by atoms with van der Waals surface area (Å²) in [5.41, 5.74) is 5.30. The van der Waals surface area contributed by atoms with Crippen LogP contribution in [0.3, 0.4) is 0 Å².